The molecule has 1 heterocycles. The van der Waals surface area contributed by atoms with E-state index in [1.54, 1.807) is 0 Å². The van der Waals surface area contributed by atoms with Crippen molar-refractivity contribution in [3.05, 3.63) is 59.6 Å². The molecule has 0 fully saturated rings. The molecule has 0 bridgehead atoms. The molecule has 26 heavy (non-hydrogen) atoms. The van der Waals surface area contributed by atoms with Gasteiger partial charge in [0.2, 0.25) is 0 Å². The van der Waals surface area contributed by atoms with E-state index in [2.05, 4.69) is 20.5 Å². The van der Waals surface area contributed by atoms with Crippen LogP contribution in [0.1, 0.15) is 6.92 Å². The molecule has 0 aliphatic rings. The topological polar surface area (TPSA) is 62.3 Å². The minimum atomic E-state index is 0.609. The minimum absolute atomic E-state index is 0.609. The fourth-order valence-electron chi connectivity index (χ4n) is 2.30. The first kappa shape index (κ1) is 18.4. The van der Waals surface area contributed by atoms with E-state index in [4.69, 9.17) is 16.3 Å². The lowest BCUT2D eigenvalue weighted by molar-refractivity contribution is 0.340. The Labute approximate surface area is 161 Å². The number of aromatic nitrogens is 2. The number of nitrogens with one attached hydrogen (secondary N) is 2. The highest BCUT2D eigenvalue weighted by atomic mass is 35.5. The van der Waals surface area contributed by atoms with Crippen molar-refractivity contribution >= 4 is 40.0 Å². The average Bonchev–Trinajstić information content (AvgIpc) is 3.12. The molecule has 134 valence electrons. The Morgan fingerprint density at radius 2 is 1.92 bits per heavy atom. The van der Waals surface area contributed by atoms with Gasteiger partial charge in [0, 0.05) is 16.8 Å². The van der Waals surface area contributed by atoms with Gasteiger partial charge in [-0.3, -0.25) is 5.10 Å². The van der Waals surface area contributed by atoms with Crippen LogP contribution in [0.15, 0.2) is 59.6 Å². The second-order valence-corrected chi connectivity index (χ2v) is 6.58. The van der Waals surface area contributed by atoms with Gasteiger partial charge in [0.25, 0.3) is 0 Å². The van der Waals surface area contributed by atoms with E-state index in [0.29, 0.717) is 17.4 Å². The van der Waals surface area contributed by atoms with Gasteiger partial charge < -0.3 is 10.1 Å². The molecule has 0 aliphatic heterocycles. The molecular weight excluding hydrogens is 368 g/mol. The first-order valence-electron chi connectivity index (χ1n) is 8.12. The normalized spacial score (nSPS) is 11.4. The third-order valence-electron chi connectivity index (χ3n) is 3.55. The number of halogens is 1. The molecule has 2 aromatic carbocycles. The Bertz CT molecular complexity index is 875. The smallest absolute Gasteiger partial charge is 0.176 e. The standard InChI is InChI=1S/C19H19ClN4OS/c1-3-25-16-10-8-15(9-11-16)21-19(26-2)22-18-12-17(23-24-18)13-4-6-14(20)7-5-13/h4-12H,3H2,1-2H3,(H2,21,22,23,24). The SMILES string of the molecule is CCOc1ccc(NC(=Nc2cc(-c3ccc(Cl)cc3)[nH]n2)SC)cc1. The van der Waals surface area contributed by atoms with Gasteiger partial charge in [-0.25, -0.2) is 4.99 Å². The summed E-state index contributed by atoms with van der Waals surface area (Å²) in [4.78, 5) is 4.56. The van der Waals surface area contributed by atoms with E-state index >= 15 is 0 Å². The summed E-state index contributed by atoms with van der Waals surface area (Å²) in [5.74, 6) is 1.46. The van der Waals surface area contributed by atoms with Crippen molar-refractivity contribution in [2.75, 3.05) is 18.2 Å². The van der Waals surface area contributed by atoms with Crippen molar-refractivity contribution in [3.8, 4) is 17.0 Å². The van der Waals surface area contributed by atoms with Crippen LogP contribution >= 0.6 is 23.4 Å². The van der Waals surface area contributed by atoms with Crippen LogP contribution in [0.2, 0.25) is 5.02 Å². The van der Waals surface area contributed by atoms with E-state index in [9.17, 15) is 0 Å². The van der Waals surface area contributed by atoms with E-state index in [1.165, 1.54) is 11.8 Å². The summed E-state index contributed by atoms with van der Waals surface area (Å²) >= 11 is 7.45. The summed E-state index contributed by atoms with van der Waals surface area (Å²) in [6.45, 7) is 2.62. The summed E-state index contributed by atoms with van der Waals surface area (Å²) in [5, 5.41) is 12.0. The lowest BCUT2D eigenvalue weighted by atomic mass is 10.1. The predicted octanol–water partition coefficient (Wildman–Crippen LogP) is 5.59. The number of benzene rings is 2. The van der Waals surface area contributed by atoms with Crippen LogP contribution in [0.5, 0.6) is 5.75 Å². The quantitative estimate of drug-likeness (QED) is 0.443. The number of amidine groups is 1. The lowest BCUT2D eigenvalue weighted by Crippen LogP contribution is -2.06. The molecule has 0 spiro atoms. The Kier molecular flexibility index (Phi) is 6.20. The Morgan fingerprint density at radius 3 is 2.58 bits per heavy atom. The Hall–Kier alpha value is -2.44. The molecular formula is C19H19ClN4OS. The van der Waals surface area contributed by atoms with Gasteiger partial charge in [-0.2, -0.15) is 5.10 Å². The highest BCUT2D eigenvalue weighted by molar-refractivity contribution is 8.13. The summed E-state index contributed by atoms with van der Waals surface area (Å²) in [6, 6.07) is 17.3. The molecule has 0 aliphatic carbocycles. The molecule has 3 rings (SSSR count). The maximum absolute atomic E-state index is 5.93. The van der Waals surface area contributed by atoms with Crippen molar-refractivity contribution in [1.82, 2.24) is 10.2 Å². The van der Waals surface area contributed by atoms with E-state index < -0.39 is 0 Å². The molecule has 3 aromatic rings. The summed E-state index contributed by atoms with van der Waals surface area (Å²) in [7, 11) is 0. The third kappa shape index (κ3) is 4.80. The van der Waals surface area contributed by atoms with Crippen LogP contribution in [-0.2, 0) is 0 Å². The summed E-state index contributed by atoms with van der Waals surface area (Å²) in [5.41, 5.74) is 2.84. The van der Waals surface area contributed by atoms with Crippen molar-refractivity contribution in [2.24, 2.45) is 4.99 Å². The van der Waals surface area contributed by atoms with Crippen LogP contribution in [0.25, 0.3) is 11.3 Å². The van der Waals surface area contributed by atoms with Crippen molar-refractivity contribution < 1.29 is 4.74 Å². The molecule has 1 aromatic heterocycles. The highest BCUT2D eigenvalue weighted by Gasteiger charge is 2.05. The number of nitrogens with zero attached hydrogens (tertiary/aromatic N) is 2. The van der Waals surface area contributed by atoms with E-state index in [0.717, 1.165) is 27.9 Å². The van der Waals surface area contributed by atoms with Crippen molar-refractivity contribution in [2.45, 2.75) is 6.92 Å². The first-order chi connectivity index (χ1) is 12.7. The zero-order chi connectivity index (χ0) is 18.4. The Morgan fingerprint density at radius 1 is 1.19 bits per heavy atom. The van der Waals surface area contributed by atoms with Gasteiger partial charge >= 0.3 is 0 Å². The molecule has 0 radical (unpaired) electrons. The van der Waals surface area contributed by atoms with Gasteiger partial charge in [-0.15, -0.1) is 0 Å². The van der Waals surface area contributed by atoms with Crippen LogP contribution < -0.4 is 10.1 Å². The third-order valence-corrected chi connectivity index (χ3v) is 4.38. The number of H-pyrrole nitrogens is 1. The molecule has 0 saturated heterocycles. The second kappa shape index (κ2) is 8.78. The van der Waals surface area contributed by atoms with E-state index in [-0.39, 0.29) is 0 Å². The number of hydrogen-bond acceptors (Lipinski definition) is 4. The van der Waals surface area contributed by atoms with Gasteiger partial charge in [-0.1, -0.05) is 35.5 Å². The molecule has 5 nitrogen and oxygen atoms in total. The number of aromatic amines is 1. The molecule has 0 amide bonds. The summed E-state index contributed by atoms with van der Waals surface area (Å²) < 4.78 is 5.45. The number of thioether (sulfide) groups is 1. The largest absolute Gasteiger partial charge is 0.494 e. The number of ether oxygens (including phenoxy) is 1. The zero-order valence-corrected chi connectivity index (χ0v) is 16.1. The monoisotopic (exact) mass is 386 g/mol. The maximum atomic E-state index is 5.93. The average molecular weight is 387 g/mol. The zero-order valence-electron chi connectivity index (χ0n) is 14.5. The first-order valence-corrected chi connectivity index (χ1v) is 9.72. The van der Waals surface area contributed by atoms with Gasteiger partial charge in [0.05, 0.1) is 12.3 Å². The highest BCUT2D eigenvalue weighted by Crippen LogP contribution is 2.24. The van der Waals surface area contributed by atoms with Crippen LogP contribution in [-0.4, -0.2) is 28.2 Å². The van der Waals surface area contributed by atoms with Crippen LogP contribution in [0.3, 0.4) is 0 Å². The number of rotatable bonds is 5. The predicted molar refractivity (Wildman–Crippen MR) is 111 cm³/mol. The van der Waals surface area contributed by atoms with Gasteiger partial charge in [0.15, 0.2) is 11.0 Å². The molecule has 0 saturated carbocycles. The fourth-order valence-corrected chi connectivity index (χ4v) is 2.83. The summed E-state index contributed by atoms with van der Waals surface area (Å²) in [6.07, 6.45) is 1.97. The van der Waals surface area contributed by atoms with Gasteiger partial charge in [-0.05, 0) is 55.1 Å². The van der Waals surface area contributed by atoms with Crippen LogP contribution in [0.4, 0.5) is 11.5 Å². The van der Waals surface area contributed by atoms with Crippen molar-refractivity contribution in [3.63, 3.8) is 0 Å². The number of hydrogen-bond donors (Lipinski definition) is 2. The number of aliphatic imine (C=N–C) groups is 1. The van der Waals surface area contributed by atoms with E-state index in [1.807, 2.05) is 67.8 Å². The van der Waals surface area contributed by atoms with Crippen LogP contribution in [0, 0.1) is 0 Å². The minimum Gasteiger partial charge on any atom is -0.494 e. The molecule has 0 unspecified atom stereocenters. The Balaban J connectivity index is 1.73. The molecule has 0 atom stereocenters. The maximum Gasteiger partial charge on any atom is 0.176 e. The van der Waals surface area contributed by atoms with Gasteiger partial charge in [0.1, 0.15) is 5.75 Å². The second-order valence-electron chi connectivity index (χ2n) is 5.35. The van der Waals surface area contributed by atoms with Crippen molar-refractivity contribution in [1.29, 1.82) is 0 Å². The molecule has 2 N–H and O–H groups in total. The fraction of sp³-hybridized carbons (Fsp3) is 0.158. The lowest BCUT2D eigenvalue weighted by Gasteiger charge is -2.08. The number of anilines is 1. The molecule has 7 heteroatoms.